The lowest BCUT2D eigenvalue weighted by Gasteiger charge is -2.05. The molecule has 17 heavy (non-hydrogen) atoms. The normalized spacial score (nSPS) is 11.4. The van der Waals surface area contributed by atoms with E-state index in [4.69, 9.17) is 0 Å². The predicted molar refractivity (Wildman–Crippen MR) is 67.3 cm³/mol. The molecule has 0 saturated carbocycles. The van der Waals surface area contributed by atoms with Gasteiger partial charge in [0.2, 0.25) is 0 Å². The summed E-state index contributed by atoms with van der Waals surface area (Å²) in [5.74, 6) is -0.257. The number of rotatable bonds is 3. The van der Waals surface area contributed by atoms with Crippen LogP contribution in [0.2, 0.25) is 0 Å². The molecule has 0 unspecified atom stereocenters. The van der Waals surface area contributed by atoms with E-state index in [2.05, 4.69) is 0 Å². The number of carbonyl (C=O) groups excluding carboxylic acids is 1. The second-order valence-corrected chi connectivity index (χ2v) is 6.37. The number of carbonyl (C=O) groups is 1. The lowest BCUT2D eigenvalue weighted by molar-refractivity contribution is 0.103. The molecule has 88 valence electrons. The minimum atomic E-state index is -3.39. The van der Waals surface area contributed by atoms with Crippen molar-refractivity contribution in [3.8, 4) is 0 Å². The Bertz CT molecular complexity index is 640. The summed E-state index contributed by atoms with van der Waals surface area (Å²) in [6, 6.07) is 7.95. The standard InChI is InChI=1S/C12H10O3S2/c1-17(14,15)11-5-3-2-4-10(11)12(13)9-6-7-16-8-9/h2-8H,1H3. The zero-order valence-electron chi connectivity index (χ0n) is 9.08. The molecule has 1 heterocycles. The highest BCUT2D eigenvalue weighted by molar-refractivity contribution is 7.90. The van der Waals surface area contributed by atoms with Crippen molar-refractivity contribution in [3.05, 3.63) is 52.2 Å². The molecule has 0 fully saturated rings. The van der Waals surface area contributed by atoms with Crippen molar-refractivity contribution < 1.29 is 13.2 Å². The summed E-state index contributed by atoms with van der Waals surface area (Å²) in [5, 5.41) is 3.50. The summed E-state index contributed by atoms with van der Waals surface area (Å²) in [5.41, 5.74) is 0.750. The maximum Gasteiger partial charge on any atom is 0.195 e. The zero-order valence-corrected chi connectivity index (χ0v) is 10.7. The molecule has 0 amide bonds. The van der Waals surface area contributed by atoms with Gasteiger partial charge in [-0.15, -0.1) is 0 Å². The van der Waals surface area contributed by atoms with Gasteiger partial charge in [0.15, 0.2) is 15.6 Å². The van der Waals surface area contributed by atoms with Crippen molar-refractivity contribution >= 4 is 27.0 Å². The van der Waals surface area contributed by atoms with E-state index in [-0.39, 0.29) is 16.2 Å². The van der Waals surface area contributed by atoms with Gasteiger partial charge in [0.25, 0.3) is 0 Å². The molecule has 2 aromatic rings. The van der Waals surface area contributed by atoms with Crippen LogP contribution in [0.15, 0.2) is 46.0 Å². The fourth-order valence-electron chi connectivity index (χ4n) is 1.53. The second kappa shape index (κ2) is 4.43. The van der Waals surface area contributed by atoms with E-state index in [0.717, 1.165) is 6.26 Å². The fraction of sp³-hybridized carbons (Fsp3) is 0.0833. The maximum atomic E-state index is 12.1. The van der Waals surface area contributed by atoms with Crippen molar-refractivity contribution in [1.82, 2.24) is 0 Å². The minimum absolute atomic E-state index is 0.0798. The molecule has 0 N–H and O–H groups in total. The van der Waals surface area contributed by atoms with Gasteiger partial charge in [-0.3, -0.25) is 4.79 Å². The highest BCUT2D eigenvalue weighted by Crippen LogP contribution is 2.20. The molecule has 3 nitrogen and oxygen atoms in total. The summed E-state index contributed by atoms with van der Waals surface area (Å²) in [7, 11) is -3.39. The molecule has 0 aliphatic rings. The molecule has 0 aliphatic carbocycles. The first-order chi connectivity index (χ1) is 8.00. The molecule has 0 bridgehead atoms. The van der Waals surface area contributed by atoms with Crippen LogP contribution >= 0.6 is 11.3 Å². The predicted octanol–water partition coefficient (Wildman–Crippen LogP) is 2.38. The van der Waals surface area contributed by atoms with Crippen LogP contribution in [0.5, 0.6) is 0 Å². The lowest BCUT2D eigenvalue weighted by atomic mass is 10.1. The Labute approximate surface area is 104 Å². The summed E-state index contributed by atoms with van der Waals surface area (Å²) in [4.78, 5) is 12.2. The van der Waals surface area contributed by atoms with Crippen molar-refractivity contribution in [1.29, 1.82) is 0 Å². The SMILES string of the molecule is CS(=O)(=O)c1ccccc1C(=O)c1ccsc1. The molecule has 0 aliphatic heterocycles. The highest BCUT2D eigenvalue weighted by atomic mass is 32.2. The second-order valence-electron chi connectivity index (χ2n) is 3.61. The Morgan fingerprint density at radius 1 is 1.18 bits per heavy atom. The molecule has 0 spiro atoms. The Kier molecular flexibility index (Phi) is 3.13. The van der Waals surface area contributed by atoms with Crippen molar-refractivity contribution in [2.45, 2.75) is 4.90 Å². The van der Waals surface area contributed by atoms with Crippen LogP contribution in [0.1, 0.15) is 15.9 Å². The average Bonchev–Trinajstić information content (AvgIpc) is 2.80. The first-order valence-corrected chi connectivity index (χ1v) is 7.69. The van der Waals surface area contributed by atoms with E-state index < -0.39 is 9.84 Å². The Hall–Kier alpha value is -1.46. The monoisotopic (exact) mass is 266 g/mol. The van der Waals surface area contributed by atoms with Gasteiger partial charge < -0.3 is 0 Å². The van der Waals surface area contributed by atoms with Crippen LogP contribution in [-0.2, 0) is 9.84 Å². The van der Waals surface area contributed by atoms with Gasteiger partial charge in [0, 0.05) is 22.8 Å². The van der Waals surface area contributed by atoms with E-state index in [0.29, 0.717) is 5.56 Å². The van der Waals surface area contributed by atoms with Gasteiger partial charge >= 0.3 is 0 Å². The number of ketones is 1. The van der Waals surface area contributed by atoms with Crippen LogP contribution in [0.4, 0.5) is 0 Å². The fourth-order valence-corrected chi connectivity index (χ4v) is 3.05. The van der Waals surface area contributed by atoms with E-state index in [1.165, 1.54) is 23.5 Å². The van der Waals surface area contributed by atoms with Crippen LogP contribution in [0.3, 0.4) is 0 Å². The third-order valence-electron chi connectivity index (χ3n) is 2.31. The molecule has 0 saturated heterocycles. The van der Waals surface area contributed by atoms with Crippen LogP contribution < -0.4 is 0 Å². The Morgan fingerprint density at radius 2 is 1.88 bits per heavy atom. The van der Waals surface area contributed by atoms with Crippen LogP contribution in [0.25, 0.3) is 0 Å². The largest absolute Gasteiger partial charge is 0.289 e. The molecule has 1 aromatic heterocycles. The third kappa shape index (κ3) is 2.45. The van der Waals surface area contributed by atoms with Gasteiger partial charge in [-0.2, -0.15) is 11.3 Å². The molecule has 2 rings (SSSR count). The first-order valence-electron chi connectivity index (χ1n) is 4.86. The van der Waals surface area contributed by atoms with Crippen LogP contribution in [-0.4, -0.2) is 20.5 Å². The Balaban J connectivity index is 2.58. The number of sulfone groups is 1. The van der Waals surface area contributed by atoms with Gasteiger partial charge in [-0.1, -0.05) is 12.1 Å². The maximum absolute atomic E-state index is 12.1. The van der Waals surface area contributed by atoms with Gasteiger partial charge in [-0.25, -0.2) is 8.42 Å². The topological polar surface area (TPSA) is 51.2 Å². The number of thiophene rings is 1. The summed E-state index contributed by atoms with van der Waals surface area (Å²) in [6.07, 6.45) is 1.10. The van der Waals surface area contributed by atoms with Gasteiger partial charge in [-0.05, 0) is 23.6 Å². The third-order valence-corrected chi connectivity index (χ3v) is 4.15. The zero-order chi connectivity index (χ0) is 12.5. The van der Waals surface area contributed by atoms with E-state index in [1.54, 1.807) is 29.0 Å². The van der Waals surface area contributed by atoms with Gasteiger partial charge in [0.1, 0.15) is 0 Å². The summed E-state index contributed by atoms with van der Waals surface area (Å²) >= 11 is 1.41. The summed E-state index contributed by atoms with van der Waals surface area (Å²) < 4.78 is 23.2. The van der Waals surface area contributed by atoms with E-state index in [9.17, 15) is 13.2 Å². The number of hydrogen-bond acceptors (Lipinski definition) is 4. The Morgan fingerprint density at radius 3 is 2.47 bits per heavy atom. The minimum Gasteiger partial charge on any atom is -0.289 e. The molecule has 0 atom stereocenters. The lowest BCUT2D eigenvalue weighted by Crippen LogP contribution is -2.08. The van der Waals surface area contributed by atoms with Gasteiger partial charge in [0.05, 0.1) is 4.90 Å². The molecule has 5 heteroatoms. The molecule has 0 radical (unpaired) electrons. The average molecular weight is 266 g/mol. The highest BCUT2D eigenvalue weighted by Gasteiger charge is 2.19. The first kappa shape index (κ1) is 12.0. The molecule has 1 aromatic carbocycles. The van der Waals surface area contributed by atoms with Crippen molar-refractivity contribution in [2.75, 3.05) is 6.26 Å². The van der Waals surface area contributed by atoms with Crippen molar-refractivity contribution in [2.24, 2.45) is 0 Å². The molecular formula is C12H10O3S2. The number of benzene rings is 1. The summed E-state index contributed by atoms with van der Waals surface area (Å²) in [6.45, 7) is 0. The van der Waals surface area contributed by atoms with E-state index >= 15 is 0 Å². The number of hydrogen-bond donors (Lipinski definition) is 0. The smallest absolute Gasteiger partial charge is 0.195 e. The van der Waals surface area contributed by atoms with E-state index in [1.807, 2.05) is 0 Å². The van der Waals surface area contributed by atoms with Crippen LogP contribution in [0, 0.1) is 0 Å². The molecular weight excluding hydrogens is 256 g/mol. The quantitative estimate of drug-likeness (QED) is 0.801. The van der Waals surface area contributed by atoms with Crippen molar-refractivity contribution in [3.63, 3.8) is 0 Å².